The van der Waals surface area contributed by atoms with Crippen LogP contribution in [0.4, 0.5) is 10.1 Å². The molecule has 1 aromatic rings. The number of hydrogen-bond acceptors (Lipinski definition) is 2. The summed E-state index contributed by atoms with van der Waals surface area (Å²) < 4.78 is 14.0. The largest absolute Gasteiger partial charge is 0.478 e. The van der Waals surface area contributed by atoms with Crippen LogP contribution < -0.4 is 5.32 Å². The molecule has 2 N–H and O–H groups in total. The van der Waals surface area contributed by atoms with Gasteiger partial charge in [-0.05, 0) is 47.3 Å². The summed E-state index contributed by atoms with van der Waals surface area (Å²) in [6, 6.07) is 3.07. The van der Waals surface area contributed by atoms with E-state index in [1.54, 1.807) is 0 Å². The minimum absolute atomic E-state index is 0.00801. The molecule has 3 nitrogen and oxygen atoms in total. The fourth-order valence-electron chi connectivity index (χ4n) is 1.97. The van der Waals surface area contributed by atoms with Crippen molar-refractivity contribution in [2.24, 2.45) is 0 Å². The molecule has 1 atom stereocenters. The molecule has 0 radical (unpaired) electrons. The molecule has 0 bridgehead atoms. The quantitative estimate of drug-likeness (QED) is 0.834. The number of carboxylic acid groups (broad SMARTS) is 1. The van der Waals surface area contributed by atoms with Crippen LogP contribution >= 0.6 is 15.9 Å². The van der Waals surface area contributed by atoms with Crippen molar-refractivity contribution < 1.29 is 14.3 Å². The van der Waals surface area contributed by atoms with Gasteiger partial charge in [0.05, 0.1) is 15.7 Å². The third-order valence-corrected chi connectivity index (χ3v) is 3.72. The van der Waals surface area contributed by atoms with E-state index in [0.717, 1.165) is 19.3 Å². The molecule has 1 aromatic carbocycles. The molecule has 0 heterocycles. The van der Waals surface area contributed by atoms with Crippen LogP contribution in [0.1, 0.15) is 29.6 Å². The molecule has 18 heavy (non-hydrogen) atoms. The van der Waals surface area contributed by atoms with E-state index in [1.165, 1.54) is 12.1 Å². The maximum Gasteiger partial charge on any atom is 0.336 e. The van der Waals surface area contributed by atoms with Gasteiger partial charge in [-0.25, -0.2) is 9.18 Å². The predicted molar refractivity (Wildman–Crippen MR) is 71.5 cm³/mol. The second-order valence-electron chi connectivity index (χ2n) is 4.22. The fourth-order valence-corrected chi connectivity index (χ4v) is 2.49. The first-order valence-corrected chi connectivity index (χ1v) is 6.51. The molecule has 0 aromatic heterocycles. The van der Waals surface area contributed by atoms with Crippen molar-refractivity contribution in [3.8, 4) is 0 Å². The van der Waals surface area contributed by atoms with Gasteiger partial charge in [0.15, 0.2) is 5.82 Å². The van der Waals surface area contributed by atoms with E-state index in [4.69, 9.17) is 5.11 Å². The van der Waals surface area contributed by atoms with Crippen LogP contribution in [-0.4, -0.2) is 17.1 Å². The van der Waals surface area contributed by atoms with Gasteiger partial charge in [0.2, 0.25) is 0 Å². The van der Waals surface area contributed by atoms with Crippen molar-refractivity contribution in [2.45, 2.75) is 25.3 Å². The average Bonchev–Trinajstić information content (AvgIpc) is 2.36. The highest BCUT2D eigenvalue weighted by atomic mass is 79.9. The molecule has 2 rings (SSSR count). The number of halogens is 2. The highest BCUT2D eigenvalue weighted by Gasteiger charge is 2.18. The number of carbonyl (C=O) groups is 1. The zero-order valence-corrected chi connectivity index (χ0v) is 11.2. The van der Waals surface area contributed by atoms with Crippen LogP contribution in [-0.2, 0) is 0 Å². The Kier molecular flexibility index (Phi) is 4.01. The third-order valence-electron chi connectivity index (χ3n) is 2.94. The lowest BCUT2D eigenvalue weighted by molar-refractivity contribution is 0.0695. The zero-order valence-electron chi connectivity index (χ0n) is 9.62. The average molecular weight is 314 g/mol. The Morgan fingerprint density at radius 3 is 2.83 bits per heavy atom. The molecular formula is C13H13BrFNO2. The van der Waals surface area contributed by atoms with Crippen LogP contribution in [0.5, 0.6) is 0 Å². The second-order valence-corrected chi connectivity index (χ2v) is 5.01. The first kappa shape index (κ1) is 13.1. The zero-order chi connectivity index (χ0) is 13.1. The Bertz CT molecular complexity index is 502. The monoisotopic (exact) mass is 313 g/mol. The number of rotatable bonds is 3. The molecule has 1 aliphatic rings. The van der Waals surface area contributed by atoms with E-state index >= 15 is 0 Å². The second kappa shape index (κ2) is 5.52. The highest BCUT2D eigenvalue weighted by molar-refractivity contribution is 9.10. The van der Waals surface area contributed by atoms with Crippen molar-refractivity contribution in [3.05, 3.63) is 40.1 Å². The number of hydrogen-bond donors (Lipinski definition) is 2. The lowest BCUT2D eigenvalue weighted by Crippen LogP contribution is -2.21. The summed E-state index contributed by atoms with van der Waals surface area (Å²) in [5.41, 5.74) is 0.272. The van der Waals surface area contributed by atoms with E-state index in [0.29, 0.717) is 5.69 Å². The van der Waals surface area contributed by atoms with Crippen molar-refractivity contribution in [2.75, 3.05) is 5.32 Å². The lowest BCUT2D eigenvalue weighted by Gasteiger charge is -2.21. The summed E-state index contributed by atoms with van der Waals surface area (Å²) in [7, 11) is 0. The van der Waals surface area contributed by atoms with Crippen LogP contribution in [0.2, 0.25) is 0 Å². The molecule has 0 saturated heterocycles. The van der Waals surface area contributed by atoms with Gasteiger partial charge in [-0.15, -0.1) is 0 Å². The summed E-state index contributed by atoms with van der Waals surface area (Å²) >= 11 is 2.99. The molecule has 0 aliphatic heterocycles. The van der Waals surface area contributed by atoms with Crippen molar-refractivity contribution in [1.82, 2.24) is 0 Å². The number of anilines is 1. The molecule has 1 unspecified atom stereocenters. The van der Waals surface area contributed by atoms with Crippen LogP contribution in [0, 0.1) is 5.82 Å². The minimum atomic E-state index is -1.15. The molecule has 0 amide bonds. The number of aromatic carboxylic acids is 1. The Balaban J connectivity index is 2.21. The Labute approximate surface area is 113 Å². The molecule has 5 heteroatoms. The summed E-state index contributed by atoms with van der Waals surface area (Å²) in [4.78, 5) is 10.8. The van der Waals surface area contributed by atoms with Gasteiger partial charge < -0.3 is 10.4 Å². The fraction of sp³-hybridized carbons (Fsp3) is 0.308. The van der Waals surface area contributed by atoms with Crippen molar-refractivity contribution >= 4 is 27.6 Å². The predicted octanol–water partition coefficient (Wildman–Crippen LogP) is 3.81. The van der Waals surface area contributed by atoms with Gasteiger partial charge in [0.25, 0.3) is 0 Å². The Morgan fingerprint density at radius 2 is 2.22 bits per heavy atom. The van der Waals surface area contributed by atoms with Gasteiger partial charge in [0.1, 0.15) is 0 Å². The molecule has 0 saturated carbocycles. The lowest BCUT2D eigenvalue weighted by atomic mass is 10.0. The number of allylic oxidation sites excluding steroid dienone is 1. The van der Waals surface area contributed by atoms with E-state index in [1.807, 2.05) is 0 Å². The van der Waals surface area contributed by atoms with Gasteiger partial charge >= 0.3 is 5.97 Å². The topological polar surface area (TPSA) is 49.3 Å². The maximum atomic E-state index is 14.0. The molecular weight excluding hydrogens is 301 g/mol. The number of nitrogens with one attached hydrogen (secondary N) is 1. The molecule has 0 spiro atoms. The molecule has 0 fully saturated rings. The summed E-state index contributed by atoms with van der Waals surface area (Å²) in [5, 5.41) is 12.0. The maximum absolute atomic E-state index is 14.0. The van der Waals surface area contributed by atoms with Crippen LogP contribution in [0.3, 0.4) is 0 Å². The van der Waals surface area contributed by atoms with Gasteiger partial charge in [-0.2, -0.15) is 0 Å². The number of carboxylic acids is 1. The van der Waals surface area contributed by atoms with Crippen molar-refractivity contribution in [1.29, 1.82) is 0 Å². The van der Waals surface area contributed by atoms with E-state index in [2.05, 4.69) is 33.4 Å². The van der Waals surface area contributed by atoms with Crippen LogP contribution in [0.15, 0.2) is 28.8 Å². The van der Waals surface area contributed by atoms with Gasteiger partial charge in [0, 0.05) is 6.04 Å². The summed E-state index contributed by atoms with van der Waals surface area (Å²) in [6.45, 7) is 0. The Morgan fingerprint density at radius 1 is 1.44 bits per heavy atom. The van der Waals surface area contributed by atoms with Gasteiger partial charge in [-0.1, -0.05) is 12.2 Å². The standard InChI is InChI=1S/C13H13BrFNO2/c14-11-9(13(17)18)6-7-10(12(11)15)16-8-4-2-1-3-5-8/h1-2,6-8,16H,3-5H2,(H,17,18). The SMILES string of the molecule is O=C(O)c1ccc(NC2CC=CCC2)c(F)c1Br. The van der Waals surface area contributed by atoms with Gasteiger partial charge in [-0.3, -0.25) is 0 Å². The first-order chi connectivity index (χ1) is 8.59. The van der Waals surface area contributed by atoms with Crippen molar-refractivity contribution in [3.63, 3.8) is 0 Å². The highest BCUT2D eigenvalue weighted by Crippen LogP contribution is 2.28. The minimum Gasteiger partial charge on any atom is -0.478 e. The van der Waals surface area contributed by atoms with E-state index in [9.17, 15) is 9.18 Å². The van der Waals surface area contributed by atoms with Crippen LogP contribution in [0.25, 0.3) is 0 Å². The smallest absolute Gasteiger partial charge is 0.336 e. The summed E-state index contributed by atoms with van der Waals surface area (Å²) in [5.74, 6) is -1.70. The van der Waals surface area contributed by atoms with E-state index < -0.39 is 11.8 Å². The third kappa shape index (κ3) is 2.72. The number of benzene rings is 1. The first-order valence-electron chi connectivity index (χ1n) is 5.72. The summed E-state index contributed by atoms with van der Waals surface area (Å²) in [6.07, 6.45) is 6.97. The van der Waals surface area contributed by atoms with E-state index in [-0.39, 0.29) is 16.1 Å². The molecule has 96 valence electrons. The normalized spacial score (nSPS) is 18.7. The molecule has 1 aliphatic carbocycles. The Hall–Kier alpha value is -1.36.